The lowest BCUT2D eigenvalue weighted by Crippen LogP contribution is -2.38. The van der Waals surface area contributed by atoms with Crippen LogP contribution in [0, 0.1) is 12.7 Å². The first-order valence-electron chi connectivity index (χ1n) is 5.84. The Kier molecular flexibility index (Phi) is 3.36. The summed E-state index contributed by atoms with van der Waals surface area (Å²) in [4.78, 5) is 13.6. The number of carbonyl (C=O) groups is 1. The van der Waals surface area contributed by atoms with E-state index in [1.807, 2.05) is 0 Å². The molecule has 0 spiro atoms. The van der Waals surface area contributed by atoms with Gasteiger partial charge in [-0.25, -0.2) is 4.39 Å². The minimum absolute atomic E-state index is 0.110. The van der Waals surface area contributed by atoms with Gasteiger partial charge in [-0.05, 0) is 37.1 Å². The fourth-order valence-electron chi connectivity index (χ4n) is 2.12. The second-order valence-electron chi connectivity index (χ2n) is 4.82. The number of aliphatic hydroxyl groups is 2. The molecule has 1 aliphatic heterocycles. The standard InChI is InChI=1S/C13H16FNO3/c1-9-6-10(2-3-11(9)14)12(17)15-5-4-13(18,7-15)8-16/h2-3,6,16,18H,4-5,7-8H2,1H3. The quantitative estimate of drug-likeness (QED) is 0.815. The van der Waals surface area contributed by atoms with Crippen LogP contribution in [-0.4, -0.2) is 46.3 Å². The first-order valence-corrected chi connectivity index (χ1v) is 5.84. The maximum atomic E-state index is 13.1. The predicted molar refractivity (Wildman–Crippen MR) is 63.7 cm³/mol. The summed E-state index contributed by atoms with van der Waals surface area (Å²) >= 11 is 0. The lowest BCUT2D eigenvalue weighted by Gasteiger charge is -2.21. The summed E-state index contributed by atoms with van der Waals surface area (Å²) in [6.45, 7) is 1.74. The summed E-state index contributed by atoms with van der Waals surface area (Å²) in [6, 6.07) is 4.19. The Bertz CT molecular complexity index is 477. The van der Waals surface area contributed by atoms with Crippen molar-refractivity contribution < 1.29 is 19.4 Å². The number of benzene rings is 1. The van der Waals surface area contributed by atoms with Crippen molar-refractivity contribution >= 4 is 5.91 Å². The molecule has 0 aromatic heterocycles. The Morgan fingerprint density at radius 3 is 2.83 bits per heavy atom. The number of β-amino-alcohol motifs (C(OH)–C–C–N with tert-alkyl or cyclic N) is 1. The van der Waals surface area contributed by atoms with Gasteiger partial charge < -0.3 is 15.1 Å². The fourth-order valence-corrected chi connectivity index (χ4v) is 2.12. The van der Waals surface area contributed by atoms with Gasteiger partial charge in [0.05, 0.1) is 13.2 Å². The van der Waals surface area contributed by atoms with Crippen LogP contribution < -0.4 is 0 Å². The lowest BCUT2D eigenvalue weighted by atomic mass is 10.1. The molecule has 2 rings (SSSR count). The van der Waals surface area contributed by atoms with Crippen molar-refractivity contribution in [1.82, 2.24) is 4.90 Å². The Balaban J connectivity index is 2.15. The number of amides is 1. The normalized spacial score (nSPS) is 23.4. The van der Waals surface area contributed by atoms with Crippen molar-refractivity contribution in [2.45, 2.75) is 18.9 Å². The Hall–Kier alpha value is -1.46. The van der Waals surface area contributed by atoms with Gasteiger partial charge in [-0.3, -0.25) is 4.79 Å². The summed E-state index contributed by atoms with van der Waals surface area (Å²) in [5, 5.41) is 18.9. The van der Waals surface area contributed by atoms with Gasteiger partial charge >= 0.3 is 0 Å². The second-order valence-corrected chi connectivity index (χ2v) is 4.82. The molecule has 1 fully saturated rings. The molecule has 0 saturated carbocycles. The van der Waals surface area contributed by atoms with E-state index in [-0.39, 0.29) is 24.9 Å². The summed E-state index contributed by atoms with van der Waals surface area (Å²) in [5.74, 6) is -0.595. The third kappa shape index (κ3) is 2.37. The zero-order chi connectivity index (χ0) is 13.3. The van der Waals surface area contributed by atoms with Crippen molar-refractivity contribution in [3.63, 3.8) is 0 Å². The lowest BCUT2D eigenvalue weighted by molar-refractivity contribution is -0.00455. The highest BCUT2D eigenvalue weighted by atomic mass is 19.1. The molecule has 1 aliphatic rings. The van der Waals surface area contributed by atoms with Crippen LogP contribution in [0.1, 0.15) is 22.3 Å². The fraction of sp³-hybridized carbons (Fsp3) is 0.462. The van der Waals surface area contributed by atoms with Crippen LogP contribution in [0.3, 0.4) is 0 Å². The number of carbonyl (C=O) groups excluding carboxylic acids is 1. The molecule has 0 radical (unpaired) electrons. The van der Waals surface area contributed by atoms with Crippen molar-refractivity contribution in [3.05, 3.63) is 35.1 Å². The number of hydrogen-bond donors (Lipinski definition) is 2. The van der Waals surface area contributed by atoms with E-state index in [4.69, 9.17) is 5.11 Å². The van der Waals surface area contributed by atoms with Gasteiger partial charge in [0.15, 0.2) is 0 Å². The molecule has 1 saturated heterocycles. The Labute approximate surface area is 105 Å². The SMILES string of the molecule is Cc1cc(C(=O)N2CCC(O)(CO)C2)ccc1F. The molecule has 1 unspecified atom stereocenters. The predicted octanol–water partition coefficient (Wildman–Crippen LogP) is 0.703. The molecule has 1 amide bonds. The van der Waals surface area contributed by atoms with Crippen LogP contribution in [0.5, 0.6) is 0 Å². The zero-order valence-corrected chi connectivity index (χ0v) is 10.2. The largest absolute Gasteiger partial charge is 0.393 e. The topological polar surface area (TPSA) is 60.8 Å². The summed E-state index contributed by atoms with van der Waals surface area (Å²) in [5.41, 5.74) is -0.390. The molecule has 0 bridgehead atoms. The molecule has 5 heteroatoms. The molecule has 0 aliphatic carbocycles. The van der Waals surface area contributed by atoms with E-state index >= 15 is 0 Å². The van der Waals surface area contributed by atoms with Gasteiger partial charge in [0.25, 0.3) is 5.91 Å². The van der Waals surface area contributed by atoms with E-state index in [2.05, 4.69) is 0 Å². The molecule has 1 heterocycles. The van der Waals surface area contributed by atoms with Gasteiger partial charge in [-0.15, -0.1) is 0 Å². The summed E-state index contributed by atoms with van der Waals surface area (Å²) in [6.07, 6.45) is 0.357. The van der Waals surface area contributed by atoms with Gasteiger partial charge in [0, 0.05) is 12.1 Å². The Morgan fingerprint density at radius 1 is 1.56 bits per heavy atom. The van der Waals surface area contributed by atoms with Gasteiger partial charge in [0.2, 0.25) is 0 Å². The average molecular weight is 253 g/mol. The number of nitrogens with zero attached hydrogens (tertiary/aromatic N) is 1. The van der Waals surface area contributed by atoms with Gasteiger partial charge in [-0.2, -0.15) is 0 Å². The third-order valence-electron chi connectivity index (χ3n) is 3.32. The number of aliphatic hydroxyl groups excluding tert-OH is 1. The van der Waals surface area contributed by atoms with Crippen molar-refractivity contribution in [1.29, 1.82) is 0 Å². The van der Waals surface area contributed by atoms with Crippen molar-refractivity contribution in [2.24, 2.45) is 0 Å². The molecule has 1 aromatic carbocycles. The third-order valence-corrected chi connectivity index (χ3v) is 3.32. The number of rotatable bonds is 2. The van der Waals surface area contributed by atoms with E-state index < -0.39 is 5.60 Å². The Morgan fingerprint density at radius 2 is 2.28 bits per heavy atom. The van der Waals surface area contributed by atoms with Crippen LogP contribution in [0.4, 0.5) is 4.39 Å². The maximum Gasteiger partial charge on any atom is 0.253 e. The van der Waals surface area contributed by atoms with E-state index in [1.54, 1.807) is 6.92 Å². The van der Waals surface area contributed by atoms with E-state index in [0.717, 1.165) is 0 Å². The highest BCUT2D eigenvalue weighted by Gasteiger charge is 2.37. The molecular weight excluding hydrogens is 237 g/mol. The molecule has 98 valence electrons. The van der Waals surface area contributed by atoms with E-state index in [9.17, 15) is 14.3 Å². The van der Waals surface area contributed by atoms with Crippen LogP contribution in [0.25, 0.3) is 0 Å². The van der Waals surface area contributed by atoms with Crippen LogP contribution >= 0.6 is 0 Å². The summed E-state index contributed by atoms with van der Waals surface area (Å²) < 4.78 is 13.1. The number of aryl methyl sites for hydroxylation is 1. The first kappa shape index (κ1) is 13.0. The number of halogens is 1. The minimum Gasteiger partial charge on any atom is -0.393 e. The number of likely N-dealkylation sites (tertiary alicyclic amines) is 1. The maximum absolute atomic E-state index is 13.1. The van der Waals surface area contributed by atoms with Crippen molar-refractivity contribution in [2.75, 3.05) is 19.7 Å². The first-order chi connectivity index (χ1) is 8.45. The molecular formula is C13H16FNO3. The molecule has 2 N–H and O–H groups in total. The molecule has 1 aromatic rings. The van der Waals surface area contributed by atoms with Crippen LogP contribution in [0.15, 0.2) is 18.2 Å². The van der Waals surface area contributed by atoms with E-state index in [1.165, 1.54) is 23.1 Å². The summed E-state index contributed by atoms with van der Waals surface area (Å²) in [7, 11) is 0. The van der Waals surface area contributed by atoms with Crippen LogP contribution in [0.2, 0.25) is 0 Å². The zero-order valence-electron chi connectivity index (χ0n) is 10.2. The highest BCUT2D eigenvalue weighted by molar-refractivity contribution is 5.94. The average Bonchev–Trinajstić information content (AvgIpc) is 2.75. The highest BCUT2D eigenvalue weighted by Crippen LogP contribution is 2.22. The minimum atomic E-state index is -1.20. The molecule has 18 heavy (non-hydrogen) atoms. The molecule has 4 nitrogen and oxygen atoms in total. The van der Waals surface area contributed by atoms with Gasteiger partial charge in [-0.1, -0.05) is 0 Å². The van der Waals surface area contributed by atoms with Gasteiger partial charge in [0.1, 0.15) is 11.4 Å². The van der Waals surface area contributed by atoms with Crippen LogP contribution in [-0.2, 0) is 0 Å². The van der Waals surface area contributed by atoms with Crippen molar-refractivity contribution in [3.8, 4) is 0 Å². The van der Waals surface area contributed by atoms with E-state index in [0.29, 0.717) is 24.1 Å². The number of hydrogen-bond acceptors (Lipinski definition) is 3. The monoisotopic (exact) mass is 253 g/mol. The molecule has 1 atom stereocenters. The second kappa shape index (κ2) is 4.66. The smallest absolute Gasteiger partial charge is 0.253 e.